The van der Waals surface area contributed by atoms with Crippen LogP contribution in [0.25, 0.3) is 0 Å². The number of rotatable bonds is 6. The van der Waals surface area contributed by atoms with Crippen LogP contribution < -0.4 is 10.5 Å². The van der Waals surface area contributed by atoms with Gasteiger partial charge in [-0.05, 0) is 36.6 Å². The standard InChI is InChI=1S/C14H19N3O2S2/c1-3-12-8-16-14(20-12)9-17-21(18,19)13-5-4-10(2)11(6-13)7-15/h4-6,8,17H,3,7,9,15H2,1-2H3. The van der Waals surface area contributed by atoms with E-state index in [0.717, 1.165) is 27.4 Å². The molecule has 2 aromatic rings. The van der Waals surface area contributed by atoms with E-state index >= 15 is 0 Å². The van der Waals surface area contributed by atoms with E-state index in [0.29, 0.717) is 6.54 Å². The number of sulfonamides is 1. The molecule has 0 fully saturated rings. The monoisotopic (exact) mass is 325 g/mol. The van der Waals surface area contributed by atoms with Gasteiger partial charge < -0.3 is 5.73 Å². The molecule has 7 heteroatoms. The van der Waals surface area contributed by atoms with Crippen LogP contribution in [-0.4, -0.2) is 13.4 Å². The van der Waals surface area contributed by atoms with E-state index in [-0.39, 0.29) is 11.4 Å². The van der Waals surface area contributed by atoms with Gasteiger partial charge in [-0.2, -0.15) is 0 Å². The Hall–Kier alpha value is -1.28. The van der Waals surface area contributed by atoms with Crippen molar-refractivity contribution >= 4 is 21.4 Å². The molecule has 5 nitrogen and oxygen atoms in total. The first-order chi connectivity index (χ1) is 9.96. The molecule has 114 valence electrons. The zero-order valence-electron chi connectivity index (χ0n) is 12.1. The number of benzene rings is 1. The van der Waals surface area contributed by atoms with Crippen molar-refractivity contribution in [1.29, 1.82) is 0 Å². The van der Waals surface area contributed by atoms with E-state index in [1.807, 2.05) is 13.8 Å². The Morgan fingerprint density at radius 1 is 1.38 bits per heavy atom. The number of nitrogens with one attached hydrogen (secondary N) is 1. The Labute approximate surface area is 129 Å². The minimum atomic E-state index is -3.54. The van der Waals surface area contributed by atoms with Gasteiger partial charge in [-0.25, -0.2) is 18.1 Å². The number of aromatic nitrogens is 1. The van der Waals surface area contributed by atoms with E-state index in [1.54, 1.807) is 24.4 Å². The van der Waals surface area contributed by atoms with Gasteiger partial charge in [0.1, 0.15) is 5.01 Å². The van der Waals surface area contributed by atoms with E-state index in [9.17, 15) is 8.42 Å². The van der Waals surface area contributed by atoms with E-state index < -0.39 is 10.0 Å². The zero-order chi connectivity index (χ0) is 15.5. The van der Waals surface area contributed by atoms with E-state index in [1.165, 1.54) is 11.3 Å². The highest BCUT2D eigenvalue weighted by Gasteiger charge is 2.15. The SMILES string of the molecule is CCc1cnc(CNS(=O)(=O)c2ccc(C)c(CN)c2)s1. The first-order valence-electron chi connectivity index (χ1n) is 6.69. The van der Waals surface area contributed by atoms with Crippen LogP contribution in [0.5, 0.6) is 0 Å². The molecule has 1 heterocycles. The average molecular weight is 325 g/mol. The smallest absolute Gasteiger partial charge is 0.240 e. The molecule has 1 aromatic carbocycles. The van der Waals surface area contributed by atoms with Crippen molar-refractivity contribution in [3.05, 3.63) is 45.4 Å². The molecule has 0 saturated carbocycles. The second-order valence-corrected chi connectivity index (χ2v) is 7.66. The summed E-state index contributed by atoms with van der Waals surface area (Å²) in [5, 5.41) is 0.765. The highest BCUT2D eigenvalue weighted by Crippen LogP contribution is 2.17. The predicted molar refractivity (Wildman–Crippen MR) is 84.6 cm³/mol. The number of aryl methyl sites for hydroxylation is 2. The largest absolute Gasteiger partial charge is 0.326 e. The minimum absolute atomic E-state index is 0.207. The molecular formula is C14H19N3O2S2. The lowest BCUT2D eigenvalue weighted by Gasteiger charge is -2.08. The second kappa shape index (κ2) is 6.65. The van der Waals surface area contributed by atoms with Gasteiger partial charge in [0.05, 0.1) is 11.4 Å². The van der Waals surface area contributed by atoms with Crippen molar-refractivity contribution in [3.8, 4) is 0 Å². The van der Waals surface area contributed by atoms with Gasteiger partial charge in [-0.15, -0.1) is 11.3 Å². The fourth-order valence-corrected chi connectivity index (χ4v) is 3.80. The molecule has 1 aromatic heterocycles. The highest BCUT2D eigenvalue weighted by atomic mass is 32.2. The molecule has 0 atom stereocenters. The lowest BCUT2D eigenvalue weighted by Crippen LogP contribution is -2.23. The zero-order valence-corrected chi connectivity index (χ0v) is 13.7. The molecule has 0 radical (unpaired) electrons. The topological polar surface area (TPSA) is 85.1 Å². The van der Waals surface area contributed by atoms with Crippen molar-refractivity contribution in [2.45, 2.75) is 38.3 Å². The van der Waals surface area contributed by atoms with Crippen molar-refractivity contribution in [1.82, 2.24) is 9.71 Å². The minimum Gasteiger partial charge on any atom is -0.326 e. The van der Waals surface area contributed by atoms with Crippen LogP contribution in [0.4, 0.5) is 0 Å². The molecule has 0 aliphatic heterocycles. The van der Waals surface area contributed by atoms with Crippen molar-refractivity contribution in [2.75, 3.05) is 0 Å². The number of thiazole rings is 1. The maximum absolute atomic E-state index is 12.3. The Kier molecular flexibility index (Phi) is 5.10. The van der Waals surface area contributed by atoms with Gasteiger partial charge in [-0.1, -0.05) is 13.0 Å². The number of nitrogens with two attached hydrogens (primary N) is 1. The summed E-state index contributed by atoms with van der Waals surface area (Å²) in [6.07, 6.45) is 2.69. The summed E-state index contributed by atoms with van der Waals surface area (Å²) in [4.78, 5) is 5.58. The highest BCUT2D eigenvalue weighted by molar-refractivity contribution is 7.89. The van der Waals surface area contributed by atoms with Gasteiger partial charge in [0, 0.05) is 17.6 Å². The van der Waals surface area contributed by atoms with Crippen LogP contribution in [0, 0.1) is 6.92 Å². The first-order valence-corrected chi connectivity index (χ1v) is 8.99. The molecule has 3 N–H and O–H groups in total. The maximum Gasteiger partial charge on any atom is 0.240 e. The number of hydrogen-bond acceptors (Lipinski definition) is 5. The molecular weight excluding hydrogens is 306 g/mol. The molecule has 2 rings (SSSR count). The Morgan fingerprint density at radius 3 is 2.76 bits per heavy atom. The average Bonchev–Trinajstić information content (AvgIpc) is 2.93. The summed E-state index contributed by atoms with van der Waals surface area (Å²) in [5.74, 6) is 0. The molecule has 0 saturated heterocycles. The molecule has 21 heavy (non-hydrogen) atoms. The Bertz CT molecular complexity index is 724. The predicted octanol–water partition coefficient (Wildman–Crippen LogP) is 1.95. The van der Waals surface area contributed by atoms with Gasteiger partial charge >= 0.3 is 0 Å². The molecule has 0 aliphatic carbocycles. The van der Waals surface area contributed by atoms with Crippen LogP contribution in [0.3, 0.4) is 0 Å². The molecule has 0 bridgehead atoms. The summed E-state index contributed by atoms with van der Waals surface area (Å²) >= 11 is 1.52. The summed E-state index contributed by atoms with van der Waals surface area (Å²) in [6, 6.07) is 4.99. The quantitative estimate of drug-likeness (QED) is 0.850. The van der Waals surface area contributed by atoms with Gasteiger partial charge in [0.2, 0.25) is 10.0 Å². The second-order valence-electron chi connectivity index (χ2n) is 4.69. The van der Waals surface area contributed by atoms with Crippen molar-refractivity contribution in [2.24, 2.45) is 5.73 Å². The van der Waals surface area contributed by atoms with Crippen LogP contribution in [0.15, 0.2) is 29.3 Å². The molecule has 0 amide bonds. The first kappa shape index (κ1) is 16.1. The lowest BCUT2D eigenvalue weighted by atomic mass is 10.1. The van der Waals surface area contributed by atoms with Gasteiger partial charge in [0.15, 0.2) is 0 Å². The summed E-state index contributed by atoms with van der Waals surface area (Å²) < 4.78 is 27.2. The molecule has 0 unspecified atom stereocenters. The summed E-state index contributed by atoms with van der Waals surface area (Å²) in [7, 11) is -3.54. The summed E-state index contributed by atoms with van der Waals surface area (Å²) in [6.45, 7) is 4.48. The third-order valence-electron chi connectivity index (χ3n) is 3.21. The summed E-state index contributed by atoms with van der Waals surface area (Å²) in [5.41, 5.74) is 7.45. The van der Waals surface area contributed by atoms with Crippen LogP contribution in [0.2, 0.25) is 0 Å². The normalized spacial score (nSPS) is 11.8. The Morgan fingerprint density at radius 2 is 2.14 bits per heavy atom. The van der Waals surface area contributed by atoms with E-state index in [2.05, 4.69) is 9.71 Å². The van der Waals surface area contributed by atoms with Gasteiger partial charge in [-0.3, -0.25) is 0 Å². The molecule has 0 spiro atoms. The van der Waals surface area contributed by atoms with Crippen molar-refractivity contribution < 1.29 is 8.42 Å². The van der Waals surface area contributed by atoms with Crippen LogP contribution in [0.1, 0.15) is 27.9 Å². The van der Waals surface area contributed by atoms with Crippen molar-refractivity contribution in [3.63, 3.8) is 0 Å². The fraction of sp³-hybridized carbons (Fsp3) is 0.357. The van der Waals surface area contributed by atoms with Crippen LogP contribution in [-0.2, 0) is 29.5 Å². The number of nitrogens with zero attached hydrogens (tertiary/aromatic N) is 1. The molecule has 0 aliphatic rings. The fourth-order valence-electron chi connectivity index (χ4n) is 1.87. The maximum atomic E-state index is 12.3. The van der Waals surface area contributed by atoms with Crippen LogP contribution >= 0.6 is 11.3 Å². The van der Waals surface area contributed by atoms with Gasteiger partial charge in [0.25, 0.3) is 0 Å². The number of hydrogen-bond donors (Lipinski definition) is 2. The Balaban J connectivity index is 2.14. The van der Waals surface area contributed by atoms with E-state index in [4.69, 9.17) is 5.73 Å². The third kappa shape index (κ3) is 3.88. The third-order valence-corrected chi connectivity index (χ3v) is 5.75. The lowest BCUT2D eigenvalue weighted by molar-refractivity contribution is 0.581.